The number of carbonyl (C=O) groups excluding carboxylic acids is 1. The van der Waals surface area contributed by atoms with Crippen LogP contribution in [0.4, 0.5) is 5.82 Å². The topological polar surface area (TPSA) is 64.4 Å². The van der Waals surface area contributed by atoms with Gasteiger partial charge < -0.3 is 14.5 Å². The molecule has 1 N–H and O–H groups in total. The molecule has 116 valence electrons. The summed E-state index contributed by atoms with van der Waals surface area (Å²) in [5, 5.41) is 2.69. The number of hydrogen-bond acceptors (Lipinski definition) is 4. The maximum absolute atomic E-state index is 12.1. The number of nitrogens with zero attached hydrogens (tertiary/aromatic N) is 1. The molecule has 5 nitrogen and oxygen atoms in total. The molecule has 0 spiro atoms. The molecule has 2 heterocycles. The lowest BCUT2D eigenvalue weighted by Crippen LogP contribution is -2.13. The van der Waals surface area contributed by atoms with Crippen LogP contribution in [-0.2, 0) is 6.61 Å². The van der Waals surface area contributed by atoms with Crippen molar-refractivity contribution in [2.45, 2.75) is 6.61 Å². The summed E-state index contributed by atoms with van der Waals surface area (Å²) in [6.07, 6.45) is 1.59. The fourth-order valence-corrected chi connectivity index (χ4v) is 2.25. The van der Waals surface area contributed by atoms with E-state index in [1.54, 1.807) is 30.5 Å². The van der Waals surface area contributed by atoms with Gasteiger partial charge in [-0.15, -0.1) is 0 Å². The highest BCUT2D eigenvalue weighted by Crippen LogP contribution is 2.23. The van der Waals surface area contributed by atoms with Crippen molar-refractivity contribution in [3.8, 4) is 5.75 Å². The van der Waals surface area contributed by atoms with Crippen molar-refractivity contribution in [1.29, 1.82) is 0 Å². The average Bonchev–Trinajstić information content (AvgIpc) is 3.02. The first kappa shape index (κ1) is 15.3. The van der Waals surface area contributed by atoms with E-state index in [0.29, 0.717) is 22.8 Å². The second kappa shape index (κ2) is 7.11. The van der Waals surface area contributed by atoms with Crippen molar-refractivity contribution >= 4 is 27.7 Å². The highest BCUT2D eigenvalue weighted by atomic mass is 79.9. The molecule has 1 aromatic carbocycles. The zero-order valence-corrected chi connectivity index (χ0v) is 13.6. The van der Waals surface area contributed by atoms with Gasteiger partial charge in [0.15, 0.2) is 22.0 Å². The lowest BCUT2D eigenvalue weighted by atomic mass is 10.2. The van der Waals surface area contributed by atoms with Crippen molar-refractivity contribution in [2.24, 2.45) is 0 Å². The first-order valence-corrected chi connectivity index (χ1v) is 7.70. The minimum atomic E-state index is -0.390. The first-order valence-electron chi connectivity index (χ1n) is 6.91. The van der Waals surface area contributed by atoms with E-state index in [-0.39, 0.29) is 11.7 Å². The number of benzene rings is 1. The molecule has 0 saturated heterocycles. The van der Waals surface area contributed by atoms with Gasteiger partial charge in [-0.3, -0.25) is 4.79 Å². The van der Waals surface area contributed by atoms with E-state index in [4.69, 9.17) is 9.15 Å². The summed E-state index contributed by atoms with van der Waals surface area (Å²) in [6.45, 7) is 0.391. The van der Waals surface area contributed by atoms with E-state index >= 15 is 0 Å². The molecule has 3 aromatic rings. The highest BCUT2D eigenvalue weighted by Gasteiger charge is 2.14. The second-order valence-corrected chi connectivity index (χ2v) is 5.46. The smallest absolute Gasteiger partial charge is 0.292 e. The molecule has 2 aromatic heterocycles. The molecule has 6 heteroatoms. The number of nitrogens with one attached hydrogen (secondary N) is 1. The Morgan fingerprint density at radius 3 is 2.70 bits per heavy atom. The molecule has 23 heavy (non-hydrogen) atoms. The van der Waals surface area contributed by atoms with Gasteiger partial charge in [0.05, 0.1) is 0 Å². The minimum Gasteiger partial charge on any atom is -0.485 e. The summed E-state index contributed by atoms with van der Waals surface area (Å²) >= 11 is 3.16. The van der Waals surface area contributed by atoms with Gasteiger partial charge in [0.1, 0.15) is 6.61 Å². The predicted molar refractivity (Wildman–Crippen MR) is 89.4 cm³/mol. The van der Waals surface area contributed by atoms with Crippen LogP contribution in [0.2, 0.25) is 0 Å². The third-order valence-electron chi connectivity index (χ3n) is 3.04. The van der Waals surface area contributed by atoms with E-state index in [9.17, 15) is 4.79 Å². The van der Waals surface area contributed by atoms with Gasteiger partial charge in [0.2, 0.25) is 0 Å². The Balaban J connectivity index is 1.71. The van der Waals surface area contributed by atoms with E-state index in [2.05, 4.69) is 26.2 Å². The standard InChI is InChI=1S/C17H13BrN2O3/c18-15-9-8-14(23-15)17(21)20-16-13(7-4-10-19-16)22-11-12-5-2-1-3-6-12/h1-10H,11H2,(H,19,20,21). The Morgan fingerprint density at radius 2 is 1.96 bits per heavy atom. The molecule has 0 fully saturated rings. The van der Waals surface area contributed by atoms with Gasteiger partial charge in [-0.1, -0.05) is 30.3 Å². The van der Waals surface area contributed by atoms with Gasteiger partial charge in [-0.05, 0) is 45.8 Å². The van der Waals surface area contributed by atoms with Gasteiger partial charge >= 0.3 is 0 Å². The largest absolute Gasteiger partial charge is 0.485 e. The summed E-state index contributed by atoms with van der Waals surface area (Å²) < 4.78 is 11.5. The number of aromatic nitrogens is 1. The van der Waals surface area contributed by atoms with Crippen LogP contribution in [0.1, 0.15) is 16.1 Å². The van der Waals surface area contributed by atoms with Crippen LogP contribution in [0.25, 0.3) is 0 Å². The lowest BCUT2D eigenvalue weighted by molar-refractivity contribution is 0.0994. The average molecular weight is 373 g/mol. The molecule has 0 aliphatic rings. The molecule has 0 bridgehead atoms. The van der Waals surface area contributed by atoms with E-state index in [0.717, 1.165) is 5.56 Å². The normalized spacial score (nSPS) is 10.3. The monoisotopic (exact) mass is 372 g/mol. The Hall–Kier alpha value is -2.60. The van der Waals surface area contributed by atoms with Crippen LogP contribution in [0.5, 0.6) is 5.75 Å². The Morgan fingerprint density at radius 1 is 1.13 bits per heavy atom. The third kappa shape index (κ3) is 3.98. The molecular weight excluding hydrogens is 360 g/mol. The van der Waals surface area contributed by atoms with Gasteiger partial charge in [0, 0.05) is 6.20 Å². The fourth-order valence-electron chi connectivity index (χ4n) is 1.94. The predicted octanol–water partition coefficient (Wildman–Crippen LogP) is 4.27. The van der Waals surface area contributed by atoms with Gasteiger partial charge in [0.25, 0.3) is 5.91 Å². The summed E-state index contributed by atoms with van der Waals surface area (Å²) in [4.78, 5) is 16.3. The van der Waals surface area contributed by atoms with Gasteiger partial charge in [-0.25, -0.2) is 4.98 Å². The van der Waals surface area contributed by atoms with Gasteiger partial charge in [-0.2, -0.15) is 0 Å². The van der Waals surface area contributed by atoms with Crippen molar-refractivity contribution in [1.82, 2.24) is 4.98 Å². The number of hydrogen-bond donors (Lipinski definition) is 1. The highest BCUT2D eigenvalue weighted by molar-refractivity contribution is 9.10. The maximum Gasteiger partial charge on any atom is 0.292 e. The summed E-state index contributed by atoms with van der Waals surface area (Å²) in [7, 11) is 0. The van der Waals surface area contributed by atoms with Crippen LogP contribution in [0, 0.1) is 0 Å². The minimum absolute atomic E-state index is 0.191. The fraction of sp³-hybridized carbons (Fsp3) is 0.0588. The number of halogens is 1. The third-order valence-corrected chi connectivity index (χ3v) is 3.46. The summed E-state index contributed by atoms with van der Waals surface area (Å²) in [6, 6.07) is 16.5. The molecule has 0 aliphatic heterocycles. The van der Waals surface area contributed by atoms with E-state index in [1.165, 1.54) is 0 Å². The van der Waals surface area contributed by atoms with Crippen LogP contribution in [0.3, 0.4) is 0 Å². The number of pyridine rings is 1. The molecule has 0 unspecified atom stereocenters. The molecule has 0 radical (unpaired) electrons. The number of ether oxygens (including phenoxy) is 1. The van der Waals surface area contributed by atoms with E-state index < -0.39 is 0 Å². The Labute approximate surface area is 141 Å². The Bertz CT molecular complexity index is 802. The Kier molecular flexibility index (Phi) is 4.73. The maximum atomic E-state index is 12.1. The second-order valence-electron chi connectivity index (χ2n) is 4.68. The first-order chi connectivity index (χ1) is 11.2. The summed E-state index contributed by atoms with van der Waals surface area (Å²) in [5.41, 5.74) is 1.03. The number of rotatable bonds is 5. The SMILES string of the molecule is O=C(Nc1ncccc1OCc1ccccc1)c1ccc(Br)o1. The molecule has 1 amide bonds. The molecule has 0 aliphatic carbocycles. The molecule has 3 rings (SSSR count). The molecular formula is C17H13BrN2O3. The van der Waals surface area contributed by atoms with Crippen molar-refractivity contribution in [3.63, 3.8) is 0 Å². The van der Waals surface area contributed by atoms with Crippen LogP contribution >= 0.6 is 15.9 Å². The number of furan rings is 1. The van der Waals surface area contributed by atoms with Crippen LogP contribution in [0.15, 0.2) is 69.9 Å². The van der Waals surface area contributed by atoms with E-state index in [1.807, 2.05) is 30.3 Å². The zero-order chi connectivity index (χ0) is 16.1. The molecule has 0 atom stereocenters. The number of anilines is 1. The molecule has 0 saturated carbocycles. The summed E-state index contributed by atoms with van der Waals surface area (Å²) in [5.74, 6) is 0.645. The van der Waals surface area contributed by atoms with Crippen molar-refractivity contribution < 1.29 is 13.9 Å². The zero-order valence-electron chi connectivity index (χ0n) is 12.0. The van der Waals surface area contributed by atoms with Crippen molar-refractivity contribution in [2.75, 3.05) is 5.32 Å². The quantitative estimate of drug-likeness (QED) is 0.726. The van der Waals surface area contributed by atoms with Crippen molar-refractivity contribution in [3.05, 3.63) is 76.8 Å². The number of amides is 1. The number of carbonyl (C=O) groups is 1. The lowest BCUT2D eigenvalue weighted by Gasteiger charge is -2.10. The van der Waals surface area contributed by atoms with Crippen LogP contribution in [-0.4, -0.2) is 10.9 Å². The van der Waals surface area contributed by atoms with Crippen LogP contribution < -0.4 is 10.1 Å².